The largest absolute Gasteiger partial charge is 0.355 e. The monoisotopic (exact) mass is 375 g/mol. The van der Waals surface area contributed by atoms with Gasteiger partial charge in [0.05, 0.1) is 10.6 Å². The highest BCUT2D eigenvalue weighted by Crippen LogP contribution is 2.21. The minimum absolute atomic E-state index is 0.0205. The van der Waals surface area contributed by atoms with Crippen LogP contribution in [0.2, 0.25) is 5.02 Å². The molecule has 0 atom stereocenters. The summed E-state index contributed by atoms with van der Waals surface area (Å²) in [7, 11) is 0. The number of nitrogens with zero attached hydrogens (tertiary/aromatic N) is 3. The molecule has 1 amide bonds. The molecule has 0 radical (unpaired) electrons. The van der Waals surface area contributed by atoms with Crippen molar-refractivity contribution >= 4 is 29.1 Å². The number of Topliss-reactive ketones (excluding diaryl/α,β-unsaturated/α-hetero) is 1. The summed E-state index contributed by atoms with van der Waals surface area (Å²) in [6, 6.07) is 7.40. The first-order chi connectivity index (χ1) is 12.5. The number of aromatic nitrogens is 1. The Morgan fingerprint density at radius 3 is 2.58 bits per heavy atom. The highest BCUT2D eigenvalue weighted by Gasteiger charge is 2.22. The first-order valence-corrected chi connectivity index (χ1v) is 8.80. The summed E-state index contributed by atoms with van der Waals surface area (Å²) in [6.45, 7) is 3.99. The molecule has 0 saturated carbocycles. The average Bonchev–Trinajstić information content (AvgIpc) is 2.87. The fourth-order valence-corrected chi connectivity index (χ4v) is 3.21. The van der Waals surface area contributed by atoms with E-state index in [0.29, 0.717) is 30.8 Å². The predicted octanol–water partition coefficient (Wildman–Crippen LogP) is 3.43. The Bertz CT molecular complexity index is 826. The molecule has 0 N–H and O–H groups in total. The molecule has 7 heteroatoms. The molecule has 1 saturated heterocycles. The Hall–Kier alpha value is -2.47. The lowest BCUT2D eigenvalue weighted by Crippen LogP contribution is -2.35. The summed E-state index contributed by atoms with van der Waals surface area (Å²) in [5.74, 6) is 0.0994. The van der Waals surface area contributed by atoms with Crippen LogP contribution in [0.3, 0.4) is 0 Å². The van der Waals surface area contributed by atoms with Crippen LogP contribution in [0.1, 0.15) is 34.1 Å². The summed E-state index contributed by atoms with van der Waals surface area (Å²) in [6.07, 6.45) is 2.35. The number of anilines is 1. The molecule has 0 unspecified atom stereocenters. The van der Waals surface area contributed by atoms with Gasteiger partial charge in [-0.1, -0.05) is 11.6 Å². The molecule has 136 valence electrons. The number of ketones is 1. The van der Waals surface area contributed by atoms with E-state index in [1.165, 1.54) is 19.1 Å². The van der Waals surface area contributed by atoms with Crippen LogP contribution in [0.25, 0.3) is 0 Å². The number of hydrogen-bond acceptors (Lipinski definition) is 4. The number of pyridine rings is 1. The van der Waals surface area contributed by atoms with Crippen LogP contribution in [0.4, 0.5) is 10.2 Å². The molecule has 2 aromatic rings. The number of hydrogen-bond donors (Lipinski definition) is 0. The van der Waals surface area contributed by atoms with Crippen molar-refractivity contribution in [3.8, 4) is 0 Å². The van der Waals surface area contributed by atoms with E-state index in [1.54, 1.807) is 17.2 Å². The zero-order valence-electron chi connectivity index (χ0n) is 14.4. The van der Waals surface area contributed by atoms with Crippen molar-refractivity contribution < 1.29 is 14.0 Å². The first kappa shape index (κ1) is 18.3. The smallest absolute Gasteiger partial charge is 0.255 e. The van der Waals surface area contributed by atoms with Gasteiger partial charge in [-0.05, 0) is 43.7 Å². The molecule has 1 fully saturated rings. The second kappa shape index (κ2) is 7.83. The van der Waals surface area contributed by atoms with Crippen LogP contribution in [-0.2, 0) is 0 Å². The molecule has 5 nitrogen and oxygen atoms in total. The molecule has 1 aromatic carbocycles. The average molecular weight is 376 g/mol. The number of benzene rings is 1. The van der Waals surface area contributed by atoms with Crippen molar-refractivity contribution in [2.24, 2.45) is 0 Å². The lowest BCUT2D eigenvalue weighted by Gasteiger charge is -2.23. The lowest BCUT2D eigenvalue weighted by atomic mass is 10.2. The van der Waals surface area contributed by atoms with Crippen LogP contribution in [0.15, 0.2) is 36.5 Å². The van der Waals surface area contributed by atoms with E-state index < -0.39 is 5.82 Å². The molecule has 1 aliphatic heterocycles. The van der Waals surface area contributed by atoms with Gasteiger partial charge in [-0.15, -0.1) is 0 Å². The van der Waals surface area contributed by atoms with Gasteiger partial charge in [0.1, 0.15) is 11.6 Å². The van der Waals surface area contributed by atoms with Gasteiger partial charge in [0.15, 0.2) is 5.78 Å². The van der Waals surface area contributed by atoms with Gasteiger partial charge in [0, 0.05) is 37.9 Å². The molecular formula is C19H19ClFN3O2. The van der Waals surface area contributed by atoms with E-state index in [1.807, 2.05) is 6.07 Å². The topological polar surface area (TPSA) is 53.5 Å². The van der Waals surface area contributed by atoms with E-state index in [-0.39, 0.29) is 16.7 Å². The summed E-state index contributed by atoms with van der Waals surface area (Å²) >= 11 is 6.01. The quantitative estimate of drug-likeness (QED) is 0.771. The fraction of sp³-hybridized carbons (Fsp3) is 0.316. The van der Waals surface area contributed by atoms with E-state index in [9.17, 15) is 14.0 Å². The standard InChI is InChI=1S/C19H19ClFN3O2/c1-13(25)14-3-6-18(22-12-14)23-7-2-8-24(10-9-23)19(26)16-5-4-15(21)11-17(16)20/h3-6,11-12H,2,7-10H2,1H3. The van der Waals surface area contributed by atoms with Gasteiger partial charge < -0.3 is 9.80 Å². The number of carbonyl (C=O) groups excluding carboxylic acids is 2. The van der Waals surface area contributed by atoms with Crippen molar-refractivity contribution in [2.75, 3.05) is 31.1 Å². The Morgan fingerprint density at radius 2 is 1.92 bits per heavy atom. The number of halogens is 2. The van der Waals surface area contributed by atoms with Crippen molar-refractivity contribution in [3.05, 3.63) is 58.5 Å². The second-order valence-corrected chi connectivity index (χ2v) is 6.63. The highest BCUT2D eigenvalue weighted by atomic mass is 35.5. The van der Waals surface area contributed by atoms with Crippen LogP contribution >= 0.6 is 11.6 Å². The molecule has 0 aliphatic carbocycles. The third kappa shape index (κ3) is 4.02. The van der Waals surface area contributed by atoms with Gasteiger partial charge in [-0.2, -0.15) is 0 Å². The lowest BCUT2D eigenvalue weighted by molar-refractivity contribution is 0.0767. The van der Waals surface area contributed by atoms with Crippen LogP contribution in [-0.4, -0.2) is 47.8 Å². The van der Waals surface area contributed by atoms with E-state index in [0.717, 1.165) is 24.8 Å². The van der Waals surface area contributed by atoms with Gasteiger partial charge >= 0.3 is 0 Å². The molecule has 0 bridgehead atoms. The zero-order valence-corrected chi connectivity index (χ0v) is 15.2. The number of amides is 1. The van der Waals surface area contributed by atoms with E-state index >= 15 is 0 Å². The molecule has 2 heterocycles. The van der Waals surface area contributed by atoms with Crippen LogP contribution in [0.5, 0.6) is 0 Å². The highest BCUT2D eigenvalue weighted by molar-refractivity contribution is 6.33. The van der Waals surface area contributed by atoms with Crippen LogP contribution in [0, 0.1) is 5.82 Å². The van der Waals surface area contributed by atoms with Gasteiger partial charge in [-0.3, -0.25) is 9.59 Å². The SMILES string of the molecule is CC(=O)c1ccc(N2CCCN(C(=O)c3ccc(F)cc3Cl)CC2)nc1. The fourth-order valence-electron chi connectivity index (χ4n) is 2.96. The van der Waals surface area contributed by atoms with E-state index in [2.05, 4.69) is 9.88 Å². The Morgan fingerprint density at radius 1 is 1.12 bits per heavy atom. The first-order valence-electron chi connectivity index (χ1n) is 8.42. The van der Waals surface area contributed by atoms with Gasteiger partial charge in [0.2, 0.25) is 0 Å². The Balaban J connectivity index is 1.69. The molecule has 1 aliphatic rings. The minimum Gasteiger partial charge on any atom is -0.355 e. The molecule has 26 heavy (non-hydrogen) atoms. The molecule has 1 aromatic heterocycles. The summed E-state index contributed by atoms with van der Waals surface area (Å²) in [5, 5.41) is 0.123. The Kier molecular flexibility index (Phi) is 5.52. The summed E-state index contributed by atoms with van der Waals surface area (Å²) < 4.78 is 13.2. The Labute approximate surface area is 156 Å². The summed E-state index contributed by atoms with van der Waals surface area (Å²) in [5.41, 5.74) is 0.886. The normalized spacial score (nSPS) is 14.9. The maximum Gasteiger partial charge on any atom is 0.255 e. The summed E-state index contributed by atoms with van der Waals surface area (Å²) in [4.78, 5) is 32.2. The van der Waals surface area contributed by atoms with Crippen molar-refractivity contribution in [2.45, 2.75) is 13.3 Å². The second-order valence-electron chi connectivity index (χ2n) is 6.22. The number of rotatable bonds is 3. The molecule has 0 spiro atoms. The molecular weight excluding hydrogens is 357 g/mol. The van der Waals surface area contributed by atoms with Crippen LogP contribution < -0.4 is 4.90 Å². The van der Waals surface area contributed by atoms with E-state index in [4.69, 9.17) is 11.6 Å². The maximum absolute atomic E-state index is 13.2. The third-order valence-electron chi connectivity index (χ3n) is 4.42. The number of carbonyl (C=O) groups is 2. The minimum atomic E-state index is -0.464. The predicted molar refractivity (Wildman–Crippen MR) is 98.4 cm³/mol. The van der Waals surface area contributed by atoms with Gasteiger partial charge in [0.25, 0.3) is 5.91 Å². The maximum atomic E-state index is 13.2. The van der Waals surface area contributed by atoms with Crippen molar-refractivity contribution in [3.63, 3.8) is 0 Å². The van der Waals surface area contributed by atoms with Gasteiger partial charge in [-0.25, -0.2) is 9.37 Å². The zero-order chi connectivity index (χ0) is 18.7. The molecule has 3 rings (SSSR count). The third-order valence-corrected chi connectivity index (χ3v) is 4.74. The van der Waals surface area contributed by atoms with Crippen molar-refractivity contribution in [1.82, 2.24) is 9.88 Å². The van der Waals surface area contributed by atoms with Crippen molar-refractivity contribution in [1.29, 1.82) is 0 Å².